The van der Waals surface area contributed by atoms with Gasteiger partial charge in [0.2, 0.25) is 0 Å². The third-order valence-corrected chi connectivity index (χ3v) is 6.61. The first-order chi connectivity index (χ1) is 12.3. The van der Waals surface area contributed by atoms with E-state index in [0.29, 0.717) is 6.42 Å². The molecule has 0 aliphatic carbocycles. The highest BCUT2D eigenvalue weighted by Crippen LogP contribution is 2.35. The highest BCUT2D eigenvalue weighted by Gasteiger charge is 2.46. The van der Waals surface area contributed by atoms with E-state index in [4.69, 9.17) is 14.6 Å². The molecule has 1 aliphatic rings. The van der Waals surface area contributed by atoms with Crippen molar-refractivity contribution in [3.05, 3.63) is 42.5 Å². The van der Waals surface area contributed by atoms with Gasteiger partial charge in [0.25, 0.3) is 0 Å². The van der Waals surface area contributed by atoms with Crippen LogP contribution < -0.4 is 0 Å². The Labute approximate surface area is 155 Å². The molecular formula is C19H28O6S. The zero-order valence-corrected chi connectivity index (χ0v) is 16.1. The number of benzene rings is 1. The Kier molecular flexibility index (Phi) is 7.37. The van der Waals surface area contributed by atoms with E-state index in [2.05, 4.69) is 6.58 Å². The lowest BCUT2D eigenvalue weighted by atomic mass is 9.94. The second-order valence-corrected chi connectivity index (χ2v) is 8.80. The monoisotopic (exact) mass is 384 g/mol. The highest BCUT2D eigenvalue weighted by molar-refractivity contribution is 7.91. The molecule has 0 spiro atoms. The molecule has 1 heterocycles. The van der Waals surface area contributed by atoms with Gasteiger partial charge < -0.3 is 19.7 Å². The topological polar surface area (TPSA) is 93.1 Å². The van der Waals surface area contributed by atoms with Crippen molar-refractivity contribution in [1.29, 1.82) is 0 Å². The van der Waals surface area contributed by atoms with Crippen LogP contribution in [0.3, 0.4) is 0 Å². The van der Waals surface area contributed by atoms with Crippen molar-refractivity contribution in [2.24, 2.45) is 5.92 Å². The Balaban J connectivity index is 2.24. The Hall–Kier alpha value is -1.25. The summed E-state index contributed by atoms with van der Waals surface area (Å²) in [4.78, 5) is 0.272. The van der Waals surface area contributed by atoms with E-state index in [9.17, 15) is 13.5 Å². The van der Waals surface area contributed by atoms with Crippen LogP contribution in [-0.2, 0) is 19.3 Å². The maximum absolute atomic E-state index is 12.9. The fraction of sp³-hybridized carbons (Fsp3) is 0.579. The summed E-state index contributed by atoms with van der Waals surface area (Å²) in [6.45, 7) is 5.24. The van der Waals surface area contributed by atoms with E-state index >= 15 is 0 Å². The van der Waals surface area contributed by atoms with Crippen LogP contribution >= 0.6 is 0 Å². The largest absolute Gasteiger partial charge is 0.394 e. The molecule has 0 aromatic heterocycles. The smallest absolute Gasteiger partial charge is 0.178 e. The third-order valence-electron chi connectivity index (χ3n) is 4.79. The van der Waals surface area contributed by atoms with Gasteiger partial charge in [0.05, 0.1) is 41.7 Å². The Bertz CT molecular complexity index is 684. The molecule has 146 valence electrons. The maximum Gasteiger partial charge on any atom is 0.178 e. The fourth-order valence-corrected chi connectivity index (χ4v) is 5.10. The number of aryl methyl sites for hydroxylation is 1. The summed E-state index contributed by atoms with van der Waals surface area (Å²) in [6, 6.07) is 6.76. The number of sulfone groups is 1. The molecule has 5 atom stereocenters. The lowest BCUT2D eigenvalue weighted by molar-refractivity contribution is -0.0394. The van der Waals surface area contributed by atoms with Crippen LogP contribution in [0.1, 0.15) is 18.4 Å². The summed E-state index contributed by atoms with van der Waals surface area (Å²) < 4.78 is 37.2. The highest BCUT2D eigenvalue weighted by atomic mass is 32.2. The predicted octanol–water partition coefficient (Wildman–Crippen LogP) is 1.49. The number of ether oxygens (including phenoxy) is 2. The number of hydrogen-bond acceptors (Lipinski definition) is 6. The van der Waals surface area contributed by atoms with E-state index in [1.54, 1.807) is 30.3 Å². The summed E-state index contributed by atoms with van der Waals surface area (Å²) in [7, 11) is -2.01. The van der Waals surface area contributed by atoms with E-state index in [1.807, 2.05) is 6.92 Å². The zero-order valence-electron chi connectivity index (χ0n) is 15.2. The van der Waals surface area contributed by atoms with E-state index in [-0.39, 0.29) is 35.7 Å². The van der Waals surface area contributed by atoms with Crippen LogP contribution in [0.25, 0.3) is 0 Å². The number of rotatable bonds is 9. The predicted molar refractivity (Wildman–Crippen MR) is 98.7 cm³/mol. The summed E-state index contributed by atoms with van der Waals surface area (Å²) >= 11 is 0. The van der Waals surface area contributed by atoms with Crippen molar-refractivity contribution in [3.8, 4) is 0 Å². The molecule has 2 N–H and O–H groups in total. The average Bonchev–Trinajstić information content (AvgIpc) is 2.91. The zero-order chi connectivity index (χ0) is 19.3. The Morgan fingerprint density at radius 3 is 2.50 bits per heavy atom. The molecular weight excluding hydrogens is 356 g/mol. The first kappa shape index (κ1) is 21.1. The molecule has 0 bridgehead atoms. The van der Waals surface area contributed by atoms with E-state index in [0.717, 1.165) is 5.56 Å². The van der Waals surface area contributed by atoms with Crippen LogP contribution in [0.4, 0.5) is 0 Å². The average molecular weight is 384 g/mol. The molecule has 0 amide bonds. The maximum atomic E-state index is 12.9. The first-order valence-electron chi connectivity index (χ1n) is 8.70. The molecule has 26 heavy (non-hydrogen) atoms. The molecule has 0 unspecified atom stereocenters. The van der Waals surface area contributed by atoms with Gasteiger partial charge in [0.1, 0.15) is 0 Å². The minimum atomic E-state index is -3.52. The summed E-state index contributed by atoms with van der Waals surface area (Å²) in [5.74, 6) is -0.501. The van der Waals surface area contributed by atoms with Gasteiger partial charge in [0.15, 0.2) is 9.84 Å². The quantitative estimate of drug-likeness (QED) is 0.627. The van der Waals surface area contributed by atoms with E-state index < -0.39 is 28.1 Å². The van der Waals surface area contributed by atoms with Gasteiger partial charge in [-0.2, -0.15) is 0 Å². The minimum Gasteiger partial charge on any atom is -0.394 e. The summed E-state index contributed by atoms with van der Waals surface area (Å²) in [5, 5.41) is 18.8. The minimum absolute atomic E-state index is 0.112. The van der Waals surface area contributed by atoms with Gasteiger partial charge in [-0.1, -0.05) is 23.8 Å². The molecule has 1 aromatic carbocycles. The number of aliphatic hydroxyl groups is 2. The van der Waals surface area contributed by atoms with Crippen LogP contribution in [-0.4, -0.2) is 62.5 Å². The normalized spacial score (nSPS) is 27.4. The lowest BCUT2D eigenvalue weighted by Crippen LogP contribution is -2.36. The molecule has 1 aromatic rings. The van der Waals surface area contributed by atoms with Crippen molar-refractivity contribution >= 4 is 9.84 Å². The van der Waals surface area contributed by atoms with Gasteiger partial charge in [-0.15, -0.1) is 6.58 Å². The van der Waals surface area contributed by atoms with Gasteiger partial charge in [0, 0.05) is 19.4 Å². The molecule has 7 heteroatoms. The number of methoxy groups -OCH3 is 1. The fourth-order valence-electron chi connectivity index (χ4n) is 3.44. The van der Waals surface area contributed by atoms with Gasteiger partial charge >= 0.3 is 0 Å². The second kappa shape index (κ2) is 9.10. The van der Waals surface area contributed by atoms with E-state index in [1.165, 1.54) is 7.11 Å². The Morgan fingerprint density at radius 2 is 1.96 bits per heavy atom. The van der Waals surface area contributed by atoms with Crippen molar-refractivity contribution in [3.63, 3.8) is 0 Å². The van der Waals surface area contributed by atoms with Crippen molar-refractivity contribution in [1.82, 2.24) is 0 Å². The van der Waals surface area contributed by atoms with Crippen LogP contribution in [0, 0.1) is 12.8 Å². The summed E-state index contributed by atoms with van der Waals surface area (Å²) in [6.07, 6.45) is 0.0895. The van der Waals surface area contributed by atoms with Gasteiger partial charge in [-0.25, -0.2) is 8.42 Å². The molecule has 1 saturated heterocycles. The molecule has 1 aliphatic heterocycles. The van der Waals surface area contributed by atoms with Crippen molar-refractivity contribution in [2.45, 2.75) is 49.1 Å². The molecule has 0 saturated carbocycles. The third kappa shape index (κ3) is 4.92. The van der Waals surface area contributed by atoms with Gasteiger partial charge in [-0.3, -0.25) is 0 Å². The summed E-state index contributed by atoms with van der Waals surface area (Å²) in [5.41, 5.74) is 0.991. The van der Waals surface area contributed by atoms with Crippen molar-refractivity contribution < 1.29 is 28.1 Å². The first-order valence-corrected chi connectivity index (χ1v) is 10.3. The Morgan fingerprint density at radius 1 is 1.31 bits per heavy atom. The standard InChI is InChI=1S/C19H28O6S/c1-4-5-17-16(19(24-3)18(25-17)10-14(21)11-20)12-26(22,23)15-8-6-13(2)7-9-15/h4,6-9,14,16-21H,1,5,10-12H2,2-3H3/t14-,16-,17-,18+,19+/m0/s1. The number of aliphatic hydroxyl groups excluding tert-OH is 2. The molecule has 6 nitrogen and oxygen atoms in total. The second-order valence-electron chi connectivity index (χ2n) is 6.77. The van der Waals surface area contributed by atoms with Crippen LogP contribution in [0.5, 0.6) is 0 Å². The van der Waals surface area contributed by atoms with Crippen molar-refractivity contribution in [2.75, 3.05) is 19.5 Å². The van der Waals surface area contributed by atoms with Crippen LogP contribution in [0.2, 0.25) is 0 Å². The van der Waals surface area contributed by atoms with Gasteiger partial charge in [-0.05, 0) is 25.5 Å². The number of hydrogen-bond donors (Lipinski definition) is 2. The SMILES string of the molecule is C=CC[C@@H]1O[C@H](C[C@H](O)CO)[C@H](OC)[C@H]1CS(=O)(=O)c1ccc(C)cc1. The lowest BCUT2D eigenvalue weighted by Gasteiger charge is -2.23. The molecule has 0 radical (unpaired) electrons. The molecule has 1 fully saturated rings. The molecule has 2 rings (SSSR count). The van der Waals surface area contributed by atoms with Crippen LogP contribution in [0.15, 0.2) is 41.8 Å².